The smallest absolute Gasteiger partial charge is 0.308 e. The third-order valence-electron chi connectivity index (χ3n) is 4.25. The van der Waals surface area contributed by atoms with Crippen LogP contribution in [0.2, 0.25) is 0 Å². The topological polar surface area (TPSA) is 70.1 Å². The van der Waals surface area contributed by atoms with Gasteiger partial charge in [-0.3, -0.25) is 14.5 Å². The molecular formula is C16H20N2O4. The number of carbonyl (C=O) groups is 2. The molecule has 0 radical (unpaired) electrons. The number of para-hydroxylation sites is 1. The van der Waals surface area contributed by atoms with Crippen LogP contribution < -0.4 is 4.90 Å². The third kappa shape index (κ3) is 3.13. The van der Waals surface area contributed by atoms with Crippen LogP contribution in [0.1, 0.15) is 12.0 Å². The predicted molar refractivity (Wildman–Crippen MR) is 80.6 cm³/mol. The minimum Gasteiger partial charge on any atom is -0.481 e. The fourth-order valence-corrected chi connectivity index (χ4v) is 3.01. The highest BCUT2D eigenvalue weighted by Crippen LogP contribution is 2.29. The highest BCUT2D eigenvalue weighted by atomic mass is 16.5. The Labute approximate surface area is 129 Å². The van der Waals surface area contributed by atoms with Crippen LogP contribution in [-0.4, -0.2) is 54.7 Å². The van der Waals surface area contributed by atoms with Gasteiger partial charge in [0.2, 0.25) is 5.91 Å². The molecule has 0 aliphatic carbocycles. The molecule has 0 saturated carbocycles. The molecule has 2 aliphatic rings. The number of ether oxygens (including phenoxy) is 1. The van der Waals surface area contributed by atoms with Gasteiger partial charge in [0, 0.05) is 38.3 Å². The van der Waals surface area contributed by atoms with E-state index in [1.54, 1.807) is 4.90 Å². The molecular weight excluding hydrogens is 284 g/mol. The van der Waals surface area contributed by atoms with Crippen LogP contribution in [0.5, 0.6) is 0 Å². The van der Waals surface area contributed by atoms with Crippen LogP contribution >= 0.6 is 0 Å². The Balaban J connectivity index is 1.79. The zero-order valence-corrected chi connectivity index (χ0v) is 12.4. The van der Waals surface area contributed by atoms with Crippen molar-refractivity contribution in [3.8, 4) is 0 Å². The van der Waals surface area contributed by atoms with Gasteiger partial charge in [-0.25, -0.2) is 0 Å². The van der Waals surface area contributed by atoms with Crippen molar-refractivity contribution in [1.82, 2.24) is 4.90 Å². The average molecular weight is 304 g/mol. The number of nitrogens with zero attached hydrogens (tertiary/aromatic N) is 2. The second-order valence-electron chi connectivity index (χ2n) is 5.76. The van der Waals surface area contributed by atoms with E-state index in [0.29, 0.717) is 0 Å². The number of morpholine rings is 1. The number of rotatable bonds is 4. The molecule has 0 aromatic heterocycles. The number of carboxylic acids is 1. The van der Waals surface area contributed by atoms with Crippen LogP contribution in [0.3, 0.4) is 0 Å². The molecule has 6 heteroatoms. The number of carboxylic acid groups (broad SMARTS) is 1. The molecule has 1 atom stereocenters. The summed E-state index contributed by atoms with van der Waals surface area (Å²) >= 11 is 0. The Morgan fingerprint density at radius 1 is 1.27 bits per heavy atom. The van der Waals surface area contributed by atoms with Crippen molar-refractivity contribution >= 4 is 17.6 Å². The summed E-state index contributed by atoms with van der Waals surface area (Å²) in [5.74, 6) is -1.62. The van der Waals surface area contributed by atoms with Crippen molar-refractivity contribution in [2.45, 2.75) is 13.0 Å². The van der Waals surface area contributed by atoms with Crippen molar-refractivity contribution < 1.29 is 19.4 Å². The molecule has 0 bridgehead atoms. The SMILES string of the molecule is O=C(O)C1CC(=O)N(c2ccccc2CN2CCOCC2)C1. The zero-order chi connectivity index (χ0) is 15.5. The maximum atomic E-state index is 12.2. The fraction of sp³-hybridized carbons (Fsp3) is 0.500. The summed E-state index contributed by atoms with van der Waals surface area (Å²) in [6.07, 6.45) is 0.0845. The minimum absolute atomic E-state index is 0.0845. The first-order valence-corrected chi connectivity index (χ1v) is 7.56. The summed E-state index contributed by atoms with van der Waals surface area (Å²) in [4.78, 5) is 27.2. The summed E-state index contributed by atoms with van der Waals surface area (Å²) in [7, 11) is 0. The van der Waals surface area contributed by atoms with Crippen molar-refractivity contribution in [1.29, 1.82) is 0 Å². The van der Waals surface area contributed by atoms with Crippen molar-refractivity contribution in [3.05, 3.63) is 29.8 Å². The quantitative estimate of drug-likeness (QED) is 0.897. The highest BCUT2D eigenvalue weighted by molar-refractivity contribution is 5.99. The molecule has 0 spiro atoms. The standard InChI is InChI=1S/C16H20N2O4/c19-15-9-13(16(20)21)11-18(15)14-4-2-1-3-12(14)10-17-5-7-22-8-6-17/h1-4,13H,5-11H2,(H,20,21). The zero-order valence-electron chi connectivity index (χ0n) is 12.4. The van der Waals surface area contributed by atoms with E-state index >= 15 is 0 Å². The first kappa shape index (κ1) is 15.0. The fourth-order valence-electron chi connectivity index (χ4n) is 3.01. The number of hydrogen-bond acceptors (Lipinski definition) is 4. The molecule has 118 valence electrons. The maximum Gasteiger partial charge on any atom is 0.308 e. The summed E-state index contributed by atoms with van der Waals surface area (Å²) in [6, 6.07) is 7.75. The van der Waals surface area contributed by atoms with Crippen molar-refractivity contribution in [3.63, 3.8) is 0 Å². The lowest BCUT2D eigenvalue weighted by Crippen LogP contribution is -2.36. The van der Waals surface area contributed by atoms with E-state index in [2.05, 4.69) is 4.90 Å². The molecule has 3 rings (SSSR count). The normalized spacial score (nSPS) is 23.0. The predicted octanol–water partition coefficient (Wildman–Crippen LogP) is 0.956. The minimum atomic E-state index is -0.901. The van der Waals surface area contributed by atoms with Gasteiger partial charge in [0.1, 0.15) is 0 Å². The van der Waals surface area contributed by atoms with E-state index in [9.17, 15) is 9.59 Å². The molecule has 1 unspecified atom stereocenters. The van der Waals surface area contributed by atoms with Crippen LogP contribution in [0.15, 0.2) is 24.3 Å². The second kappa shape index (κ2) is 6.46. The first-order chi connectivity index (χ1) is 10.6. The number of benzene rings is 1. The Morgan fingerprint density at radius 2 is 2.00 bits per heavy atom. The molecule has 1 amide bonds. The summed E-state index contributed by atoms with van der Waals surface area (Å²) in [6.45, 7) is 4.22. The lowest BCUT2D eigenvalue weighted by atomic mass is 10.1. The second-order valence-corrected chi connectivity index (χ2v) is 5.76. The van der Waals surface area contributed by atoms with Crippen molar-refractivity contribution in [2.24, 2.45) is 5.92 Å². The Morgan fingerprint density at radius 3 is 2.68 bits per heavy atom. The Hall–Kier alpha value is -1.92. The summed E-state index contributed by atoms with van der Waals surface area (Å²) in [5, 5.41) is 9.13. The third-order valence-corrected chi connectivity index (χ3v) is 4.25. The largest absolute Gasteiger partial charge is 0.481 e. The molecule has 22 heavy (non-hydrogen) atoms. The Bertz CT molecular complexity index is 569. The lowest BCUT2D eigenvalue weighted by Gasteiger charge is -2.28. The molecule has 1 aromatic carbocycles. The molecule has 2 aliphatic heterocycles. The van der Waals surface area contributed by atoms with Gasteiger partial charge < -0.3 is 14.7 Å². The maximum absolute atomic E-state index is 12.2. The first-order valence-electron chi connectivity index (χ1n) is 7.56. The van der Waals surface area contributed by atoms with E-state index in [1.807, 2.05) is 24.3 Å². The van der Waals surface area contributed by atoms with E-state index in [-0.39, 0.29) is 18.9 Å². The molecule has 2 heterocycles. The Kier molecular flexibility index (Phi) is 4.40. The summed E-state index contributed by atoms with van der Waals surface area (Å²) in [5.41, 5.74) is 1.89. The summed E-state index contributed by atoms with van der Waals surface area (Å²) < 4.78 is 5.35. The number of aliphatic carboxylic acids is 1. The molecule has 2 fully saturated rings. The van der Waals surface area contributed by atoms with Crippen LogP contribution in [0, 0.1) is 5.92 Å². The number of carbonyl (C=O) groups excluding carboxylic acids is 1. The van der Waals surface area contributed by atoms with Gasteiger partial charge in [-0.15, -0.1) is 0 Å². The van der Waals surface area contributed by atoms with Gasteiger partial charge in [0.05, 0.1) is 19.1 Å². The molecule has 1 aromatic rings. The van der Waals surface area contributed by atoms with E-state index in [0.717, 1.165) is 44.1 Å². The van der Waals surface area contributed by atoms with Gasteiger partial charge in [-0.2, -0.15) is 0 Å². The lowest BCUT2D eigenvalue weighted by molar-refractivity contribution is -0.141. The van der Waals surface area contributed by atoms with Gasteiger partial charge in [0.25, 0.3) is 0 Å². The molecule has 1 N–H and O–H groups in total. The number of hydrogen-bond donors (Lipinski definition) is 1. The van der Waals surface area contributed by atoms with Gasteiger partial charge in [-0.05, 0) is 11.6 Å². The van der Waals surface area contributed by atoms with Gasteiger partial charge >= 0.3 is 5.97 Å². The van der Waals surface area contributed by atoms with Crippen LogP contribution in [0.25, 0.3) is 0 Å². The van der Waals surface area contributed by atoms with Crippen LogP contribution in [0.4, 0.5) is 5.69 Å². The average Bonchev–Trinajstić information content (AvgIpc) is 2.91. The molecule has 6 nitrogen and oxygen atoms in total. The van der Waals surface area contributed by atoms with E-state index < -0.39 is 11.9 Å². The van der Waals surface area contributed by atoms with Crippen LogP contribution in [-0.2, 0) is 20.9 Å². The van der Waals surface area contributed by atoms with E-state index in [4.69, 9.17) is 9.84 Å². The van der Waals surface area contributed by atoms with Gasteiger partial charge in [-0.1, -0.05) is 18.2 Å². The number of amides is 1. The molecule has 2 saturated heterocycles. The van der Waals surface area contributed by atoms with Gasteiger partial charge in [0.15, 0.2) is 0 Å². The van der Waals surface area contributed by atoms with Crippen molar-refractivity contribution in [2.75, 3.05) is 37.7 Å². The highest BCUT2D eigenvalue weighted by Gasteiger charge is 2.35. The van der Waals surface area contributed by atoms with E-state index in [1.165, 1.54) is 0 Å². The monoisotopic (exact) mass is 304 g/mol. The number of anilines is 1.